The highest BCUT2D eigenvalue weighted by molar-refractivity contribution is 8.18. The van der Waals surface area contributed by atoms with Crippen LogP contribution in [0.25, 0.3) is 11.8 Å². The van der Waals surface area contributed by atoms with E-state index >= 15 is 0 Å². The molecule has 0 aliphatic carbocycles. The fourth-order valence-electron chi connectivity index (χ4n) is 2.64. The van der Waals surface area contributed by atoms with E-state index < -0.39 is 0 Å². The Bertz CT molecular complexity index is 836. The van der Waals surface area contributed by atoms with E-state index in [9.17, 15) is 9.59 Å². The number of methoxy groups -OCH3 is 1. The van der Waals surface area contributed by atoms with Crippen LogP contribution in [-0.2, 0) is 4.79 Å². The molecule has 2 aromatic rings. The van der Waals surface area contributed by atoms with Crippen LogP contribution in [-0.4, -0.2) is 22.8 Å². The highest BCUT2D eigenvalue weighted by atomic mass is 32.2. The Labute approximate surface area is 138 Å². The summed E-state index contributed by atoms with van der Waals surface area (Å²) in [6.07, 6.45) is 1.75. The van der Waals surface area contributed by atoms with Crippen LogP contribution in [0, 0.1) is 13.8 Å². The molecule has 0 unspecified atom stereocenters. The fourth-order valence-corrected chi connectivity index (χ4v) is 3.32. The van der Waals surface area contributed by atoms with Gasteiger partial charge < -0.3 is 9.30 Å². The van der Waals surface area contributed by atoms with Gasteiger partial charge in [-0.2, -0.15) is 0 Å². The first-order chi connectivity index (χ1) is 11.0. The van der Waals surface area contributed by atoms with E-state index in [0.29, 0.717) is 4.91 Å². The van der Waals surface area contributed by atoms with Gasteiger partial charge in [-0.3, -0.25) is 14.9 Å². The summed E-state index contributed by atoms with van der Waals surface area (Å²) in [5.41, 5.74) is 3.94. The van der Waals surface area contributed by atoms with Crippen molar-refractivity contribution in [1.82, 2.24) is 9.88 Å². The minimum atomic E-state index is -0.341. The molecule has 0 saturated carbocycles. The molecule has 0 spiro atoms. The maximum atomic E-state index is 11.7. The molecule has 0 atom stereocenters. The van der Waals surface area contributed by atoms with Gasteiger partial charge in [0.1, 0.15) is 5.75 Å². The second-order valence-electron chi connectivity index (χ2n) is 5.22. The second kappa shape index (κ2) is 5.96. The van der Waals surface area contributed by atoms with Crippen LogP contribution in [0.2, 0.25) is 0 Å². The summed E-state index contributed by atoms with van der Waals surface area (Å²) in [5, 5.41) is 1.94. The van der Waals surface area contributed by atoms with Gasteiger partial charge in [-0.1, -0.05) is 6.07 Å². The van der Waals surface area contributed by atoms with E-state index in [1.54, 1.807) is 13.2 Å². The quantitative estimate of drug-likeness (QED) is 0.877. The summed E-state index contributed by atoms with van der Waals surface area (Å²) in [6, 6.07) is 9.78. The predicted octanol–water partition coefficient (Wildman–Crippen LogP) is 3.43. The molecule has 1 aromatic carbocycles. The molecule has 2 amide bonds. The van der Waals surface area contributed by atoms with Crippen molar-refractivity contribution in [2.45, 2.75) is 13.8 Å². The van der Waals surface area contributed by atoms with Gasteiger partial charge in [-0.15, -0.1) is 0 Å². The lowest BCUT2D eigenvalue weighted by molar-refractivity contribution is -0.115. The number of aryl methyl sites for hydroxylation is 1. The predicted molar refractivity (Wildman–Crippen MR) is 90.9 cm³/mol. The lowest BCUT2D eigenvalue weighted by Crippen LogP contribution is -2.17. The Hall–Kier alpha value is -2.47. The first-order valence-corrected chi connectivity index (χ1v) is 7.89. The normalized spacial score (nSPS) is 16.0. The van der Waals surface area contributed by atoms with E-state index in [1.165, 1.54) is 0 Å². The van der Waals surface area contributed by atoms with Gasteiger partial charge in [0.05, 0.1) is 12.0 Å². The zero-order chi connectivity index (χ0) is 16.6. The van der Waals surface area contributed by atoms with Crippen molar-refractivity contribution >= 4 is 29.0 Å². The molecule has 1 aromatic heterocycles. The fraction of sp³-hybridized carbons (Fsp3) is 0.176. The second-order valence-corrected chi connectivity index (χ2v) is 6.23. The van der Waals surface area contributed by atoms with Crippen molar-refractivity contribution in [3.05, 3.63) is 52.2 Å². The number of hydrogen-bond donors (Lipinski definition) is 1. The molecular weight excluding hydrogens is 312 g/mol. The standard InChI is InChI=1S/C17H16N2O3S/c1-10-7-12(8-15-16(20)18-17(21)23-15)11(2)19(10)13-5-4-6-14(9-13)22-3/h4-9H,1-3H3,(H,18,20,21)/b15-8-. The molecule has 23 heavy (non-hydrogen) atoms. The van der Waals surface area contributed by atoms with E-state index in [1.807, 2.05) is 44.2 Å². The van der Waals surface area contributed by atoms with Gasteiger partial charge in [-0.25, -0.2) is 0 Å². The number of thioether (sulfide) groups is 1. The molecule has 2 heterocycles. The number of imide groups is 1. The van der Waals surface area contributed by atoms with Gasteiger partial charge in [-0.05, 0) is 55.4 Å². The maximum Gasteiger partial charge on any atom is 0.290 e. The molecule has 0 radical (unpaired) electrons. The Kier molecular flexibility index (Phi) is 4.00. The summed E-state index contributed by atoms with van der Waals surface area (Å²) in [4.78, 5) is 23.4. The van der Waals surface area contributed by atoms with E-state index in [-0.39, 0.29) is 11.1 Å². The number of nitrogens with one attached hydrogen (secondary N) is 1. The summed E-state index contributed by atoms with van der Waals surface area (Å²) >= 11 is 0.926. The average Bonchev–Trinajstić information content (AvgIpc) is 2.98. The third-order valence-electron chi connectivity index (χ3n) is 3.71. The highest BCUT2D eigenvalue weighted by Crippen LogP contribution is 2.29. The Balaban J connectivity index is 2.05. The van der Waals surface area contributed by atoms with Crippen molar-refractivity contribution in [2.24, 2.45) is 0 Å². The van der Waals surface area contributed by atoms with Crippen LogP contribution in [0.3, 0.4) is 0 Å². The number of benzene rings is 1. The number of rotatable bonds is 3. The number of hydrogen-bond acceptors (Lipinski definition) is 4. The van der Waals surface area contributed by atoms with Crippen LogP contribution in [0.4, 0.5) is 4.79 Å². The first-order valence-electron chi connectivity index (χ1n) is 7.08. The van der Waals surface area contributed by atoms with E-state index in [0.717, 1.165) is 40.2 Å². The molecule has 1 N–H and O–H groups in total. The van der Waals surface area contributed by atoms with Crippen LogP contribution in [0.5, 0.6) is 5.75 Å². The average molecular weight is 328 g/mol. The smallest absolute Gasteiger partial charge is 0.290 e. The van der Waals surface area contributed by atoms with Crippen molar-refractivity contribution in [3.8, 4) is 11.4 Å². The number of aromatic nitrogens is 1. The number of nitrogens with zero attached hydrogens (tertiary/aromatic N) is 1. The highest BCUT2D eigenvalue weighted by Gasteiger charge is 2.25. The molecule has 6 heteroatoms. The minimum absolute atomic E-state index is 0.331. The molecular formula is C17H16N2O3S. The van der Waals surface area contributed by atoms with E-state index in [4.69, 9.17) is 4.74 Å². The number of amides is 2. The van der Waals surface area contributed by atoms with Gasteiger partial charge in [0.2, 0.25) is 0 Å². The SMILES string of the molecule is COc1cccc(-n2c(C)cc(/C=C3\SC(=O)NC3=O)c2C)c1. The monoisotopic (exact) mass is 328 g/mol. The van der Waals surface area contributed by atoms with Crippen molar-refractivity contribution in [3.63, 3.8) is 0 Å². The van der Waals surface area contributed by atoms with Crippen molar-refractivity contribution < 1.29 is 14.3 Å². The topological polar surface area (TPSA) is 60.3 Å². The van der Waals surface area contributed by atoms with Crippen LogP contribution >= 0.6 is 11.8 Å². The molecule has 1 aliphatic rings. The molecule has 5 nitrogen and oxygen atoms in total. The molecule has 0 bridgehead atoms. The summed E-state index contributed by atoms with van der Waals surface area (Å²) < 4.78 is 7.37. The van der Waals surface area contributed by atoms with E-state index in [2.05, 4.69) is 9.88 Å². The molecule has 118 valence electrons. The minimum Gasteiger partial charge on any atom is -0.497 e. The van der Waals surface area contributed by atoms with Gasteiger partial charge in [0.25, 0.3) is 11.1 Å². The van der Waals surface area contributed by atoms with Gasteiger partial charge in [0.15, 0.2) is 0 Å². The third-order valence-corrected chi connectivity index (χ3v) is 4.52. The molecule has 1 saturated heterocycles. The Morgan fingerprint density at radius 1 is 1.22 bits per heavy atom. The maximum absolute atomic E-state index is 11.7. The zero-order valence-corrected chi connectivity index (χ0v) is 13.9. The summed E-state index contributed by atoms with van der Waals surface area (Å²) in [6.45, 7) is 3.99. The van der Waals surface area contributed by atoms with Crippen molar-refractivity contribution in [2.75, 3.05) is 7.11 Å². The van der Waals surface area contributed by atoms with Crippen LogP contribution in [0.1, 0.15) is 17.0 Å². The summed E-state index contributed by atoms with van der Waals surface area (Å²) in [5.74, 6) is 0.442. The number of carbonyl (C=O) groups excluding carboxylic acids is 2. The van der Waals surface area contributed by atoms with Crippen molar-refractivity contribution in [1.29, 1.82) is 0 Å². The third kappa shape index (κ3) is 2.90. The van der Waals surface area contributed by atoms with Gasteiger partial charge in [0, 0.05) is 23.1 Å². The number of ether oxygens (including phenoxy) is 1. The largest absolute Gasteiger partial charge is 0.497 e. The Morgan fingerprint density at radius 3 is 2.65 bits per heavy atom. The lowest BCUT2D eigenvalue weighted by atomic mass is 10.2. The summed E-state index contributed by atoms with van der Waals surface area (Å²) in [7, 11) is 1.64. The van der Waals surface area contributed by atoms with Crippen LogP contribution < -0.4 is 10.1 Å². The Morgan fingerprint density at radius 2 is 2.00 bits per heavy atom. The number of carbonyl (C=O) groups is 2. The van der Waals surface area contributed by atoms with Crippen LogP contribution in [0.15, 0.2) is 35.2 Å². The molecule has 1 fully saturated rings. The molecule has 3 rings (SSSR count). The molecule has 1 aliphatic heterocycles. The van der Waals surface area contributed by atoms with Gasteiger partial charge >= 0.3 is 0 Å². The lowest BCUT2D eigenvalue weighted by Gasteiger charge is -2.11. The first kappa shape index (κ1) is 15.4. The zero-order valence-electron chi connectivity index (χ0n) is 13.0.